The van der Waals surface area contributed by atoms with Crippen molar-refractivity contribution in [3.05, 3.63) is 17.5 Å². The van der Waals surface area contributed by atoms with Gasteiger partial charge in [-0.05, 0) is 19.3 Å². The number of rotatable bonds is 6. The number of urea groups is 1. The van der Waals surface area contributed by atoms with Gasteiger partial charge in [0.25, 0.3) is 5.91 Å². The third-order valence-electron chi connectivity index (χ3n) is 5.64. The predicted molar refractivity (Wildman–Crippen MR) is 98.9 cm³/mol. The Balaban J connectivity index is 1.47. The van der Waals surface area contributed by atoms with Gasteiger partial charge in [0.1, 0.15) is 11.8 Å². The van der Waals surface area contributed by atoms with E-state index in [1.165, 1.54) is 0 Å². The molecule has 3 heterocycles. The molecule has 2 fully saturated rings. The molecule has 0 bridgehead atoms. The van der Waals surface area contributed by atoms with Gasteiger partial charge in [-0.25, -0.2) is 4.79 Å². The lowest BCUT2D eigenvalue weighted by Crippen LogP contribution is -2.54. The smallest absolute Gasteiger partial charge is 0.317 e. The molecule has 0 saturated carbocycles. The van der Waals surface area contributed by atoms with Crippen molar-refractivity contribution in [2.45, 2.75) is 77.2 Å². The fourth-order valence-electron chi connectivity index (χ4n) is 3.83. The number of piperidine rings is 1. The fourth-order valence-corrected chi connectivity index (χ4v) is 3.83. The molecule has 8 heteroatoms. The van der Waals surface area contributed by atoms with E-state index in [0.29, 0.717) is 50.6 Å². The van der Waals surface area contributed by atoms with Crippen molar-refractivity contribution < 1.29 is 18.8 Å². The first kappa shape index (κ1) is 19.7. The minimum absolute atomic E-state index is 0.0472. The van der Waals surface area contributed by atoms with Crippen molar-refractivity contribution >= 4 is 11.9 Å². The van der Waals surface area contributed by atoms with Gasteiger partial charge in [0.15, 0.2) is 5.76 Å². The van der Waals surface area contributed by atoms with Gasteiger partial charge < -0.3 is 24.8 Å². The largest absolute Gasteiger partial charge is 0.359 e. The lowest BCUT2D eigenvalue weighted by Gasteiger charge is -2.38. The first-order valence-corrected chi connectivity index (χ1v) is 9.98. The highest BCUT2D eigenvalue weighted by Gasteiger charge is 2.46. The Bertz CT molecular complexity index is 662. The molecule has 1 aromatic rings. The molecule has 2 aliphatic rings. The molecule has 1 atom stereocenters. The Morgan fingerprint density at radius 2 is 2.07 bits per heavy atom. The van der Waals surface area contributed by atoms with Gasteiger partial charge in [-0.1, -0.05) is 25.9 Å². The minimum Gasteiger partial charge on any atom is -0.359 e. The topological polar surface area (TPSA) is 96.7 Å². The van der Waals surface area contributed by atoms with Gasteiger partial charge >= 0.3 is 6.03 Å². The van der Waals surface area contributed by atoms with Crippen molar-refractivity contribution in [1.82, 2.24) is 20.7 Å². The minimum atomic E-state index is -0.607. The quantitative estimate of drug-likeness (QED) is 0.793. The van der Waals surface area contributed by atoms with E-state index in [1.54, 1.807) is 4.90 Å². The van der Waals surface area contributed by atoms with Crippen LogP contribution in [0.15, 0.2) is 10.6 Å². The zero-order valence-corrected chi connectivity index (χ0v) is 16.4. The molecular weight excluding hydrogens is 348 g/mol. The molecule has 1 aromatic heterocycles. The molecular formula is C19H30N4O4. The van der Waals surface area contributed by atoms with Crippen LogP contribution in [-0.4, -0.2) is 46.9 Å². The number of ether oxygens (including phenoxy) is 1. The number of hydrogen-bond acceptors (Lipinski definition) is 5. The van der Waals surface area contributed by atoms with Crippen LogP contribution in [0.2, 0.25) is 0 Å². The molecule has 0 radical (unpaired) electrons. The van der Waals surface area contributed by atoms with Gasteiger partial charge in [0.05, 0.1) is 12.2 Å². The summed E-state index contributed by atoms with van der Waals surface area (Å²) in [6, 6.07) is 1.79. The van der Waals surface area contributed by atoms with Gasteiger partial charge in [0, 0.05) is 37.9 Å². The molecule has 2 saturated heterocycles. The van der Waals surface area contributed by atoms with Crippen molar-refractivity contribution in [2.75, 3.05) is 13.1 Å². The summed E-state index contributed by atoms with van der Waals surface area (Å²) in [4.78, 5) is 26.1. The van der Waals surface area contributed by atoms with Crippen LogP contribution in [0.3, 0.4) is 0 Å². The molecule has 27 heavy (non-hydrogen) atoms. The Morgan fingerprint density at radius 1 is 1.37 bits per heavy atom. The zero-order valence-electron chi connectivity index (χ0n) is 16.4. The first-order valence-electron chi connectivity index (χ1n) is 9.98. The summed E-state index contributed by atoms with van der Waals surface area (Å²) in [5.74, 6) is 1.01. The van der Waals surface area contributed by atoms with E-state index in [-0.39, 0.29) is 18.0 Å². The van der Waals surface area contributed by atoms with Crippen LogP contribution in [0.1, 0.15) is 70.2 Å². The number of carbonyl (C=O) groups is 2. The van der Waals surface area contributed by atoms with Gasteiger partial charge in [0.2, 0.25) is 0 Å². The van der Waals surface area contributed by atoms with Crippen molar-refractivity contribution in [3.8, 4) is 0 Å². The predicted octanol–water partition coefficient (Wildman–Crippen LogP) is 2.50. The summed E-state index contributed by atoms with van der Waals surface area (Å²) in [6.07, 6.45) is 3.52. The summed E-state index contributed by atoms with van der Waals surface area (Å²) < 4.78 is 11.3. The maximum Gasteiger partial charge on any atom is 0.317 e. The molecule has 2 N–H and O–H groups in total. The third-order valence-corrected chi connectivity index (χ3v) is 5.64. The Labute approximate surface area is 160 Å². The van der Waals surface area contributed by atoms with E-state index in [0.717, 1.165) is 18.5 Å². The second kappa shape index (κ2) is 8.29. The van der Waals surface area contributed by atoms with Gasteiger partial charge in [-0.3, -0.25) is 4.79 Å². The van der Waals surface area contributed by atoms with Crippen molar-refractivity contribution in [1.29, 1.82) is 0 Å². The van der Waals surface area contributed by atoms with E-state index >= 15 is 0 Å². The Hall–Kier alpha value is -2.09. The van der Waals surface area contributed by atoms with Crippen LogP contribution >= 0.6 is 0 Å². The summed E-state index contributed by atoms with van der Waals surface area (Å²) in [5, 5.41) is 9.98. The molecule has 3 rings (SSSR count). The molecule has 0 aromatic carbocycles. The summed E-state index contributed by atoms with van der Waals surface area (Å²) in [7, 11) is 0. The molecule has 150 valence electrons. The number of amides is 3. The number of carbonyl (C=O) groups excluding carboxylic acids is 2. The Morgan fingerprint density at radius 3 is 2.67 bits per heavy atom. The standard InChI is InChI=1S/C19H30N4O4/c1-4-13(5-2)15-11-14(27-22-15)12-20-18(25)23-9-7-19(8-10-23)21-17(24)16(6-3)26-19/h11,13,16H,4-10,12H2,1-3H3,(H,20,25)(H,21,24). The molecule has 2 aliphatic heterocycles. The summed E-state index contributed by atoms with van der Waals surface area (Å²) in [6.45, 7) is 7.60. The highest BCUT2D eigenvalue weighted by molar-refractivity contribution is 5.83. The number of aromatic nitrogens is 1. The lowest BCUT2D eigenvalue weighted by atomic mass is 9.99. The zero-order chi connectivity index (χ0) is 19.4. The van der Waals surface area contributed by atoms with E-state index in [1.807, 2.05) is 13.0 Å². The van der Waals surface area contributed by atoms with Crippen LogP contribution in [0.5, 0.6) is 0 Å². The lowest BCUT2D eigenvalue weighted by molar-refractivity contribution is -0.124. The van der Waals surface area contributed by atoms with Crippen LogP contribution in [-0.2, 0) is 16.1 Å². The molecule has 1 spiro atoms. The SMILES string of the molecule is CCC1OC2(CCN(C(=O)NCc3cc(C(CC)CC)no3)CC2)NC1=O. The second-order valence-electron chi connectivity index (χ2n) is 7.38. The normalized spacial score (nSPS) is 21.7. The Kier molecular flexibility index (Phi) is 6.04. The van der Waals surface area contributed by atoms with Crippen LogP contribution < -0.4 is 10.6 Å². The number of nitrogens with zero attached hydrogens (tertiary/aromatic N) is 2. The van der Waals surface area contributed by atoms with Crippen LogP contribution in [0.4, 0.5) is 4.79 Å². The van der Waals surface area contributed by atoms with Crippen LogP contribution in [0.25, 0.3) is 0 Å². The third kappa shape index (κ3) is 4.26. The van der Waals surface area contributed by atoms with E-state index in [9.17, 15) is 9.59 Å². The molecule has 0 aliphatic carbocycles. The maximum atomic E-state index is 12.4. The van der Waals surface area contributed by atoms with Crippen molar-refractivity contribution in [2.24, 2.45) is 0 Å². The fraction of sp³-hybridized carbons (Fsp3) is 0.737. The number of likely N-dealkylation sites (tertiary alicyclic amines) is 1. The summed E-state index contributed by atoms with van der Waals surface area (Å²) in [5.41, 5.74) is 0.340. The molecule has 8 nitrogen and oxygen atoms in total. The maximum absolute atomic E-state index is 12.4. The first-order chi connectivity index (χ1) is 13.0. The average Bonchev–Trinajstić information content (AvgIpc) is 3.26. The number of nitrogens with one attached hydrogen (secondary N) is 2. The van der Waals surface area contributed by atoms with Crippen LogP contribution in [0, 0.1) is 0 Å². The van der Waals surface area contributed by atoms with Gasteiger partial charge in [-0.2, -0.15) is 0 Å². The monoisotopic (exact) mass is 378 g/mol. The van der Waals surface area contributed by atoms with E-state index in [2.05, 4.69) is 29.6 Å². The highest BCUT2D eigenvalue weighted by Crippen LogP contribution is 2.30. The number of hydrogen-bond donors (Lipinski definition) is 2. The average molecular weight is 378 g/mol. The highest BCUT2D eigenvalue weighted by atomic mass is 16.5. The van der Waals surface area contributed by atoms with Gasteiger partial charge in [-0.15, -0.1) is 0 Å². The van der Waals surface area contributed by atoms with Crippen molar-refractivity contribution in [3.63, 3.8) is 0 Å². The second-order valence-corrected chi connectivity index (χ2v) is 7.38. The van der Waals surface area contributed by atoms with E-state index in [4.69, 9.17) is 9.26 Å². The molecule has 1 unspecified atom stereocenters. The summed E-state index contributed by atoms with van der Waals surface area (Å²) >= 11 is 0. The molecule has 3 amide bonds. The van der Waals surface area contributed by atoms with E-state index < -0.39 is 5.72 Å².